The van der Waals surface area contributed by atoms with E-state index in [0.717, 1.165) is 6.20 Å². The molecule has 0 aromatic carbocycles. The Hall–Kier alpha value is -0.310. The highest BCUT2D eigenvalue weighted by Gasteiger charge is 2.22. The Balaban J connectivity index is 3.45. The van der Waals surface area contributed by atoms with Gasteiger partial charge in [0.2, 0.25) is 0 Å². The normalized spacial score (nSPS) is 10.6. The van der Waals surface area contributed by atoms with Gasteiger partial charge in [0.25, 0.3) is 6.43 Å². The molecule has 1 aromatic rings. The van der Waals surface area contributed by atoms with E-state index < -0.39 is 23.5 Å². The molecule has 0 radical (unpaired) electrons. The molecule has 1 N–H and O–H groups in total. The highest BCUT2D eigenvalue weighted by atomic mass is 127. The van der Waals surface area contributed by atoms with Crippen LogP contribution in [0.3, 0.4) is 0 Å². The summed E-state index contributed by atoms with van der Waals surface area (Å²) in [5.74, 6) is -1.38. The standard InChI is InChI=1S/C7H3BrF2INO2/c8-5-4(11)3(7(13)14)2(1-12-5)6(9)10/h1,6H,(H,13,14). The van der Waals surface area contributed by atoms with Gasteiger partial charge in [-0.05, 0) is 38.5 Å². The molecule has 0 saturated carbocycles. The molecular weight excluding hydrogens is 375 g/mol. The van der Waals surface area contributed by atoms with Crippen LogP contribution in [0.1, 0.15) is 22.3 Å². The minimum Gasteiger partial charge on any atom is -0.478 e. The van der Waals surface area contributed by atoms with Gasteiger partial charge in [-0.3, -0.25) is 0 Å². The third-order valence-corrected chi connectivity index (χ3v) is 3.85. The molecule has 0 unspecified atom stereocenters. The van der Waals surface area contributed by atoms with Crippen LogP contribution >= 0.6 is 38.5 Å². The van der Waals surface area contributed by atoms with E-state index in [0.29, 0.717) is 0 Å². The van der Waals surface area contributed by atoms with Gasteiger partial charge in [-0.15, -0.1) is 0 Å². The molecule has 0 fully saturated rings. The van der Waals surface area contributed by atoms with Crippen LogP contribution in [-0.4, -0.2) is 16.1 Å². The molecule has 14 heavy (non-hydrogen) atoms. The van der Waals surface area contributed by atoms with Gasteiger partial charge in [0.05, 0.1) is 14.7 Å². The number of hydrogen-bond acceptors (Lipinski definition) is 2. The zero-order valence-electron chi connectivity index (χ0n) is 6.47. The maximum absolute atomic E-state index is 12.4. The summed E-state index contributed by atoms with van der Waals surface area (Å²) in [5.41, 5.74) is -0.965. The zero-order chi connectivity index (χ0) is 10.9. The maximum Gasteiger partial charge on any atom is 0.337 e. The van der Waals surface area contributed by atoms with E-state index in [9.17, 15) is 13.6 Å². The number of halogens is 4. The van der Waals surface area contributed by atoms with Crippen LogP contribution < -0.4 is 0 Å². The fourth-order valence-corrected chi connectivity index (χ4v) is 1.84. The molecule has 7 heteroatoms. The van der Waals surface area contributed by atoms with Crippen LogP contribution in [0, 0.1) is 3.57 Å². The second kappa shape index (κ2) is 4.47. The van der Waals surface area contributed by atoms with Crippen molar-refractivity contribution >= 4 is 44.5 Å². The quantitative estimate of drug-likeness (QED) is 0.636. The van der Waals surface area contributed by atoms with Gasteiger partial charge in [0.15, 0.2) is 0 Å². The van der Waals surface area contributed by atoms with E-state index >= 15 is 0 Å². The predicted molar refractivity (Wildman–Crippen MR) is 56.6 cm³/mol. The molecule has 0 atom stereocenters. The van der Waals surface area contributed by atoms with Crippen molar-refractivity contribution in [1.29, 1.82) is 0 Å². The number of pyridine rings is 1. The fourth-order valence-electron chi connectivity index (χ4n) is 0.860. The van der Waals surface area contributed by atoms with Crippen molar-refractivity contribution in [1.82, 2.24) is 4.98 Å². The first-order chi connectivity index (χ1) is 6.45. The minimum atomic E-state index is -2.84. The van der Waals surface area contributed by atoms with E-state index in [-0.39, 0.29) is 8.17 Å². The van der Waals surface area contributed by atoms with Crippen molar-refractivity contribution in [2.24, 2.45) is 0 Å². The molecule has 0 aliphatic rings. The predicted octanol–water partition coefficient (Wildman–Crippen LogP) is 3.08. The summed E-state index contributed by atoms with van der Waals surface area (Å²) in [6.45, 7) is 0. The largest absolute Gasteiger partial charge is 0.478 e. The third-order valence-electron chi connectivity index (χ3n) is 1.46. The molecule has 1 rings (SSSR count). The molecule has 1 heterocycles. The molecule has 0 aliphatic carbocycles. The van der Waals surface area contributed by atoms with Crippen LogP contribution in [0.15, 0.2) is 10.8 Å². The SMILES string of the molecule is O=C(O)c1c(C(F)F)cnc(Br)c1I. The smallest absolute Gasteiger partial charge is 0.337 e. The average molecular weight is 378 g/mol. The van der Waals surface area contributed by atoms with Crippen LogP contribution in [0.4, 0.5) is 8.78 Å². The lowest BCUT2D eigenvalue weighted by molar-refractivity contribution is 0.0682. The van der Waals surface area contributed by atoms with E-state index in [1.165, 1.54) is 0 Å². The number of carbonyl (C=O) groups is 1. The van der Waals surface area contributed by atoms with Gasteiger partial charge in [0, 0.05) is 6.20 Å². The molecule has 0 saturated heterocycles. The molecule has 0 aliphatic heterocycles. The van der Waals surface area contributed by atoms with Crippen molar-refractivity contribution in [2.45, 2.75) is 6.43 Å². The molecular formula is C7H3BrF2INO2. The first-order valence-electron chi connectivity index (χ1n) is 3.30. The highest BCUT2D eigenvalue weighted by molar-refractivity contribution is 14.1. The van der Waals surface area contributed by atoms with Crippen LogP contribution in [0.25, 0.3) is 0 Å². The number of hydrogen-bond donors (Lipinski definition) is 1. The van der Waals surface area contributed by atoms with Gasteiger partial charge in [-0.1, -0.05) is 0 Å². The van der Waals surface area contributed by atoms with Crippen molar-refractivity contribution in [3.05, 3.63) is 25.5 Å². The van der Waals surface area contributed by atoms with Crippen molar-refractivity contribution in [3.8, 4) is 0 Å². The fraction of sp³-hybridized carbons (Fsp3) is 0.143. The number of aromatic carboxylic acids is 1. The Bertz CT molecular complexity index is 386. The minimum absolute atomic E-state index is 0.174. The van der Waals surface area contributed by atoms with Gasteiger partial charge in [-0.2, -0.15) is 0 Å². The first-order valence-corrected chi connectivity index (χ1v) is 5.17. The summed E-state index contributed by atoms with van der Waals surface area (Å²) in [4.78, 5) is 14.3. The van der Waals surface area contributed by atoms with Gasteiger partial charge >= 0.3 is 5.97 Å². The highest BCUT2D eigenvalue weighted by Crippen LogP contribution is 2.29. The Morgan fingerprint density at radius 3 is 2.64 bits per heavy atom. The van der Waals surface area contributed by atoms with E-state index in [4.69, 9.17) is 5.11 Å². The summed E-state index contributed by atoms with van der Waals surface area (Å²) in [7, 11) is 0. The Kier molecular flexibility index (Phi) is 3.76. The Morgan fingerprint density at radius 1 is 1.64 bits per heavy atom. The molecule has 0 spiro atoms. The summed E-state index contributed by atoms with van der Waals surface area (Å²) in [6, 6.07) is 0. The maximum atomic E-state index is 12.4. The first kappa shape index (κ1) is 11.8. The lowest BCUT2D eigenvalue weighted by atomic mass is 10.1. The number of nitrogens with zero attached hydrogens (tertiary/aromatic N) is 1. The topological polar surface area (TPSA) is 50.2 Å². The second-order valence-corrected chi connectivity index (χ2v) is 4.13. The average Bonchev–Trinajstić information content (AvgIpc) is 2.08. The lowest BCUT2D eigenvalue weighted by Crippen LogP contribution is -2.07. The monoisotopic (exact) mass is 377 g/mol. The summed E-state index contributed by atoms with van der Waals surface area (Å²) in [6.07, 6.45) is -1.98. The van der Waals surface area contributed by atoms with E-state index in [1.807, 2.05) is 0 Å². The van der Waals surface area contributed by atoms with Crippen molar-refractivity contribution in [2.75, 3.05) is 0 Å². The molecule has 3 nitrogen and oxygen atoms in total. The second-order valence-electron chi connectivity index (χ2n) is 2.30. The number of aromatic nitrogens is 1. The number of carboxylic acids is 1. The number of rotatable bonds is 2. The molecule has 76 valence electrons. The number of carboxylic acid groups (broad SMARTS) is 1. The Labute approximate surface area is 99.8 Å². The Morgan fingerprint density at radius 2 is 2.21 bits per heavy atom. The van der Waals surface area contributed by atoms with Crippen LogP contribution in [0.2, 0.25) is 0 Å². The van der Waals surface area contributed by atoms with Crippen molar-refractivity contribution in [3.63, 3.8) is 0 Å². The summed E-state index contributed by atoms with van der Waals surface area (Å²) >= 11 is 4.63. The van der Waals surface area contributed by atoms with Crippen LogP contribution in [0.5, 0.6) is 0 Å². The van der Waals surface area contributed by atoms with Crippen LogP contribution in [-0.2, 0) is 0 Å². The molecule has 1 aromatic heterocycles. The van der Waals surface area contributed by atoms with Gasteiger partial charge in [0.1, 0.15) is 4.60 Å². The summed E-state index contributed by atoms with van der Waals surface area (Å²) < 4.78 is 25.2. The molecule has 0 bridgehead atoms. The summed E-state index contributed by atoms with van der Waals surface area (Å²) in [5, 5.41) is 8.73. The molecule has 0 amide bonds. The number of alkyl halides is 2. The third kappa shape index (κ3) is 2.19. The zero-order valence-corrected chi connectivity index (χ0v) is 10.2. The van der Waals surface area contributed by atoms with E-state index in [1.54, 1.807) is 22.6 Å². The lowest BCUT2D eigenvalue weighted by Gasteiger charge is -2.07. The van der Waals surface area contributed by atoms with Crippen molar-refractivity contribution < 1.29 is 18.7 Å². The van der Waals surface area contributed by atoms with E-state index in [2.05, 4.69) is 20.9 Å². The van der Waals surface area contributed by atoms with Gasteiger partial charge in [-0.25, -0.2) is 18.6 Å². The van der Waals surface area contributed by atoms with Gasteiger partial charge < -0.3 is 5.11 Å².